The summed E-state index contributed by atoms with van der Waals surface area (Å²) in [6.07, 6.45) is 6.56. The number of imidazole rings is 1. The molecule has 0 saturated heterocycles. The van der Waals surface area contributed by atoms with Crippen LogP contribution in [0, 0.1) is 0 Å². The van der Waals surface area contributed by atoms with Crippen LogP contribution in [0.5, 0.6) is 0 Å². The van der Waals surface area contributed by atoms with Crippen LogP contribution >= 0.6 is 11.6 Å². The lowest BCUT2D eigenvalue weighted by Crippen LogP contribution is -2.38. The summed E-state index contributed by atoms with van der Waals surface area (Å²) in [5.74, 6) is 0.0711. The molecule has 2 heterocycles. The highest BCUT2D eigenvalue weighted by atomic mass is 35.5. The lowest BCUT2D eigenvalue weighted by Gasteiger charge is -2.29. The summed E-state index contributed by atoms with van der Waals surface area (Å²) in [5.41, 5.74) is 3.51. The van der Waals surface area contributed by atoms with Crippen molar-refractivity contribution in [1.29, 1.82) is 0 Å². The molecule has 5 nitrogen and oxygen atoms in total. The molecule has 136 valence electrons. The van der Waals surface area contributed by atoms with E-state index < -0.39 is 0 Å². The largest absolute Gasteiger partial charge is 0.353 e. The summed E-state index contributed by atoms with van der Waals surface area (Å²) in [7, 11) is 3.90. The van der Waals surface area contributed by atoms with E-state index in [-0.39, 0.29) is 5.91 Å². The molecule has 0 bridgehead atoms. The number of hydrogen-bond donors (Lipinski definition) is 0. The van der Waals surface area contributed by atoms with Crippen LogP contribution in [-0.2, 0) is 20.6 Å². The van der Waals surface area contributed by atoms with E-state index >= 15 is 0 Å². The van der Waals surface area contributed by atoms with E-state index in [1.807, 2.05) is 54.0 Å². The Morgan fingerprint density at radius 2 is 2.04 bits per heavy atom. The van der Waals surface area contributed by atoms with Gasteiger partial charge in [0.05, 0.1) is 17.6 Å². The fourth-order valence-electron chi connectivity index (χ4n) is 3.89. The van der Waals surface area contributed by atoms with E-state index in [0.29, 0.717) is 23.4 Å². The quantitative estimate of drug-likeness (QED) is 0.692. The van der Waals surface area contributed by atoms with Gasteiger partial charge in [-0.1, -0.05) is 12.8 Å². The van der Waals surface area contributed by atoms with E-state index in [1.54, 1.807) is 0 Å². The molecule has 1 saturated carbocycles. The van der Waals surface area contributed by atoms with E-state index in [0.717, 1.165) is 29.6 Å². The molecule has 1 aromatic carbocycles. The highest BCUT2D eigenvalue weighted by Crippen LogP contribution is 2.28. The molecule has 1 amide bonds. The minimum absolute atomic E-state index is 0.0711. The first-order chi connectivity index (χ1) is 12.5. The van der Waals surface area contributed by atoms with Crippen LogP contribution in [0.3, 0.4) is 0 Å². The fraction of sp³-hybridized carbons (Fsp3) is 0.400. The second-order valence-electron chi connectivity index (χ2n) is 7.13. The minimum Gasteiger partial charge on any atom is -0.353 e. The number of carbonyl (C=O) groups is 1. The lowest BCUT2D eigenvalue weighted by molar-refractivity contribution is 0.0660. The van der Waals surface area contributed by atoms with Gasteiger partial charge in [0.2, 0.25) is 5.28 Å². The molecule has 3 aromatic rings. The van der Waals surface area contributed by atoms with Gasteiger partial charge in [0.15, 0.2) is 0 Å². The Labute approximate surface area is 158 Å². The van der Waals surface area contributed by atoms with Gasteiger partial charge in [0.25, 0.3) is 5.91 Å². The Morgan fingerprint density at radius 1 is 1.27 bits per heavy atom. The second-order valence-corrected chi connectivity index (χ2v) is 7.46. The van der Waals surface area contributed by atoms with Crippen LogP contribution in [0.4, 0.5) is 0 Å². The Kier molecular flexibility index (Phi) is 4.49. The van der Waals surface area contributed by atoms with Crippen LogP contribution in [0.25, 0.3) is 11.0 Å². The molecule has 0 aliphatic heterocycles. The standard InChI is InChI=1S/C20H23ClN4O/c1-23-11-5-8-16(23)13-25(15-6-3-4-7-15)19(26)14-9-10-18-17(12-14)22-20(21)24(18)2/h5,8-12,15H,3-4,6-7,13H2,1-2H3. The molecule has 26 heavy (non-hydrogen) atoms. The van der Waals surface area contributed by atoms with Gasteiger partial charge in [0.1, 0.15) is 0 Å². The number of carbonyl (C=O) groups excluding carboxylic acids is 1. The van der Waals surface area contributed by atoms with Crippen molar-refractivity contribution in [2.45, 2.75) is 38.3 Å². The molecule has 1 fully saturated rings. The third-order valence-corrected chi connectivity index (χ3v) is 5.82. The summed E-state index contributed by atoms with van der Waals surface area (Å²) < 4.78 is 3.90. The Morgan fingerprint density at radius 3 is 2.73 bits per heavy atom. The fourth-order valence-corrected chi connectivity index (χ4v) is 4.07. The highest BCUT2D eigenvalue weighted by molar-refractivity contribution is 6.29. The van der Waals surface area contributed by atoms with Gasteiger partial charge >= 0.3 is 0 Å². The Balaban J connectivity index is 1.68. The maximum Gasteiger partial charge on any atom is 0.254 e. The lowest BCUT2D eigenvalue weighted by atomic mass is 10.1. The highest BCUT2D eigenvalue weighted by Gasteiger charge is 2.28. The molecule has 0 N–H and O–H groups in total. The van der Waals surface area contributed by atoms with Crippen LogP contribution in [0.15, 0.2) is 36.5 Å². The molecule has 1 aliphatic carbocycles. The molecular formula is C20H23ClN4O. The number of amides is 1. The van der Waals surface area contributed by atoms with Crippen molar-refractivity contribution in [3.05, 3.63) is 53.1 Å². The van der Waals surface area contributed by atoms with E-state index in [1.165, 1.54) is 12.8 Å². The van der Waals surface area contributed by atoms with E-state index in [4.69, 9.17) is 11.6 Å². The molecule has 1 aliphatic rings. The van der Waals surface area contributed by atoms with E-state index in [9.17, 15) is 4.79 Å². The maximum atomic E-state index is 13.4. The smallest absolute Gasteiger partial charge is 0.254 e. The SMILES string of the molecule is Cn1cccc1CN(C(=O)c1ccc2c(c1)nc(Cl)n2C)C1CCCC1. The molecule has 0 atom stereocenters. The monoisotopic (exact) mass is 370 g/mol. The molecule has 0 radical (unpaired) electrons. The van der Waals surface area contributed by atoms with E-state index in [2.05, 4.69) is 15.6 Å². The van der Waals surface area contributed by atoms with Crippen LogP contribution in [-0.4, -0.2) is 31.0 Å². The average molecular weight is 371 g/mol. The molecule has 2 aromatic heterocycles. The van der Waals surface area contributed by atoms with Gasteiger partial charge in [-0.3, -0.25) is 4.79 Å². The number of aromatic nitrogens is 3. The zero-order valence-corrected chi connectivity index (χ0v) is 15.9. The summed E-state index contributed by atoms with van der Waals surface area (Å²) in [4.78, 5) is 19.7. The van der Waals surface area contributed by atoms with Gasteiger partial charge in [-0.25, -0.2) is 4.98 Å². The van der Waals surface area contributed by atoms with Crippen molar-refractivity contribution in [2.24, 2.45) is 14.1 Å². The topological polar surface area (TPSA) is 43.1 Å². The van der Waals surface area contributed by atoms with Crippen molar-refractivity contribution >= 4 is 28.5 Å². The molecule has 6 heteroatoms. The molecule has 0 spiro atoms. The number of hydrogen-bond acceptors (Lipinski definition) is 2. The van der Waals surface area contributed by atoms with Crippen molar-refractivity contribution in [3.8, 4) is 0 Å². The first-order valence-corrected chi connectivity index (χ1v) is 9.45. The zero-order valence-electron chi connectivity index (χ0n) is 15.2. The number of nitrogens with zero attached hydrogens (tertiary/aromatic N) is 4. The summed E-state index contributed by atoms with van der Waals surface area (Å²) in [6.45, 7) is 0.633. The van der Waals surface area contributed by atoms with Crippen LogP contribution < -0.4 is 0 Å². The Bertz CT molecular complexity index is 952. The third kappa shape index (κ3) is 3.01. The number of benzene rings is 1. The summed E-state index contributed by atoms with van der Waals surface area (Å²) in [5, 5.41) is 0.432. The van der Waals surface area contributed by atoms with Crippen LogP contribution in [0.2, 0.25) is 5.28 Å². The predicted octanol–water partition coefficient (Wildman–Crippen LogP) is 4.15. The Hall–Kier alpha value is -2.27. The number of aryl methyl sites for hydroxylation is 2. The predicted molar refractivity (Wildman–Crippen MR) is 103 cm³/mol. The minimum atomic E-state index is 0.0711. The normalized spacial score (nSPS) is 15.0. The number of rotatable bonds is 4. The van der Waals surface area contributed by atoms with Crippen molar-refractivity contribution < 1.29 is 4.79 Å². The zero-order chi connectivity index (χ0) is 18.3. The van der Waals surface area contributed by atoms with Gasteiger partial charge < -0.3 is 14.0 Å². The van der Waals surface area contributed by atoms with Gasteiger partial charge in [0, 0.05) is 37.6 Å². The third-order valence-electron chi connectivity index (χ3n) is 5.48. The van der Waals surface area contributed by atoms with Crippen molar-refractivity contribution in [3.63, 3.8) is 0 Å². The molecule has 0 unspecified atom stereocenters. The van der Waals surface area contributed by atoms with Gasteiger partial charge in [-0.2, -0.15) is 0 Å². The van der Waals surface area contributed by atoms with Gasteiger partial charge in [-0.05, 0) is 54.8 Å². The van der Waals surface area contributed by atoms with Crippen LogP contribution in [0.1, 0.15) is 41.7 Å². The maximum absolute atomic E-state index is 13.4. The molecule has 4 rings (SSSR count). The number of halogens is 1. The van der Waals surface area contributed by atoms with Crippen molar-refractivity contribution in [2.75, 3.05) is 0 Å². The number of fused-ring (bicyclic) bond motifs is 1. The molecular weight excluding hydrogens is 348 g/mol. The second kappa shape index (κ2) is 6.80. The van der Waals surface area contributed by atoms with Gasteiger partial charge in [-0.15, -0.1) is 0 Å². The first kappa shape index (κ1) is 17.2. The first-order valence-electron chi connectivity index (χ1n) is 9.08. The van der Waals surface area contributed by atoms with Crippen molar-refractivity contribution in [1.82, 2.24) is 19.0 Å². The summed E-state index contributed by atoms with van der Waals surface area (Å²) >= 11 is 6.12. The summed E-state index contributed by atoms with van der Waals surface area (Å²) in [6, 6.07) is 10.1. The average Bonchev–Trinajstić information content (AvgIpc) is 3.35.